The van der Waals surface area contributed by atoms with Crippen LogP contribution in [0.4, 0.5) is 14.9 Å². The van der Waals surface area contributed by atoms with Crippen LogP contribution in [-0.4, -0.2) is 15.6 Å². The van der Waals surface area contributed by atoms with Crippen molar-refractivity contribution in [2.75, 3.05) is 5.32 Å². The lowest BCUT2D eigenvalue weighted by Gasteiger charge is -2.06. The lowest BCUT2D eigenvalue weighted by Crippen LogP contribution is -2.18. The fourth-order valence-electron chi connectivity index (χ4n) is 1.28. The molecule has 0 bridgehead atoms. The molecule has 84 valence electrons. The first kappa shape index (κ1) is 10.8. The number of anilines is 1. The zero-order valence-corrected chi connectivity index (χ0v) is 8.59. The van der Waals surface area contributed by atoms with Gasteiger partial charge in [-0.05, 0) is 18.2 Å². The minimum Gasteiger partial charge on any atom is -0.306 e. The van der Waals surface area contributed by atoms with Crippen LogP contribution >= 0.6 is 0 Å². The van der Waals surface area contributed by atoms with Gasteiger partial charge in [0.15, 0.2) is 0 Å². The van der Waals surface area contributed by atoms with E-state index in [1.54, 1.807) is 0 Å². The van der Waals surface area contributed by atoms with E-state index in [0.717, 1.165) is 6.07 Å². The number of halogens is 1. The molecule has 0 aliphatic rings. The topological polar surface area (TPSA) is 70.7 Å². The summed E-state index contributed by atoms with van der Waals surface area (Å²) in [6.45, 7) is 0. The molecule has 0 aliphatic heterocycles. The van der Waals surface area contributed by atoms with Crippen LogP contribution in [0.2, 0.25) is 0 Å². The molecular weight excluding hydrogens is 223 g/mol. The van der Waals surface area contributed by atoms with E-state index in [9.17, 15) is 9.18 Å². The summed E-state index contributed by atoms with van der Waals surface area (Å²) in [5.41, 5.74) is 0.325. The van der Waals surface area contributed by atoms with Crippen molar-refractivity contribution in [3.8, 4) is 6.07 Å². The van der Waals surface area contributed by atoms with Gasteiger partial charge in [-0.2, -0.15) is 5.26 Å². The highest BCUT2D eigenvalue weighted by Gasteiger charge is 2.08. The van der Waals surface area contributed by atoms with Crippen LogP contribution < -0.4 is 5.32 Å². The van der Waals surface area contributed by atoms with E-state index in [0.29, 0.717) is 0 Å². The summed E-state index contributed by atoms with van der Waals surface area (Å²) in [5.74, 6) is -0.526. The summed E-state index contributed by atoms with van der Waals surface area (Å²) >= 11 is 0. The van der Waals surface area contributed by atoms with E-state index in [1.165, 1.54) is 35.4 Å². The van der Waals surface area contributed by atoms with Gasteiger partial charge in [-0.1, -0.05) is 0 Å². The molecule has 17 heavy (non-hydrogen) atoms. The Morgan fingerprint density at radius 2 is 2.35 bits per heavy atom. The maximum absolute atomic E-state index is 12.9. The van der Waals surface area contributed by atoms with E-state index >= 15 is 0 Å². The maximum Gasteiger partial charge on any atom is 0.331 e. The molecule has 6 heteroatoms. The zero-order valence-electron chi connectivity index (χ0n) is 8.59. The van der Waals surface area contributed by atoms with Gasteiger partial charge in [0.2, 0.25) is 0 Å². The van der Waals surface area contributed by atoms with Crippen molar-refractivity contribution in [3.63, 3.8) is 0 Å². The number of carbonyl (C=O) groups excluding carboxylic acids is 1. The molecule has 0 radical (unpaired) electrons. The van der Waals surface area contributed by atoms with Crippen molar-refractivity contribution < 1.29 is 9.18 Å². The molecular formula is C11H7FN4O. The molecule has 1 N–H and O–H groups in total. The Labute approximate surface area is 96.1 Å². The predicted octanol–water partition coefficient (Wildman–Crippen LogP) is 1.97. The second kappa shape index (κ2) is 4.45. The number of nitrogens with zero attached hydrogens (tertiary/aromatic N) is 3. The Balaban J connectivity index is 2.25. The van der Waals surface area contributed by atoms with Crippen LogP contribution in [0.3, 0.4) is 0 Å². The molecule has 1 aromatic carbocycles. The van der Waals surface area contributed by atoms with Gasteiger partial charge in [0.1, 0.15) is 18.2 Å². The van der Waals surface area contributed by atoms with Gasteiger partial charge in [-0.25, -0.2) is 14.2 Å². The number of carbonyl (C=O) groups is 1. The second-order valence-electron chi connectivity index (χ2n) is 3.20. The largest absolute Gasteiger partial charge is 0.331 e. The molecule has 5 nitrogen and oxygen atoms in total. The number of aromatic nitrogens is 2. The van der Waals surface area contributed by atoms with Crippen LogP contribution in [0.25, 0.3) is 0 Å². The molecule has 0 unspecified atom stereocenters. The summed E-state index contributed by atoms with van der Waals surface area (Å²) in [6, 6.07) is 4.91. The second-order valence-corrected chi connectivity index (χ2v) is 3.20. The van der Waals surface area contributed by atoms with E-state index in [-0.39, 0.29) is 11.3 Å². The molecule has 0 atom stereocenters. The van der Waals surface area contributed by atoms with E-state index in [2.05, 4.69) is 10.3 Å². The lowest BCUT2D eigenvalue weighted by molar-refractivity contribution is 0.253. The van der Waals surface area contributed by atoms with Crippen LogP contribution in [0.1, 0.15) is 5.56 Å². The molecule has 0 spiro atoms. The molecule has 0 saturated heterocycles. The Hall–Kier alpha value is -2.68. The number of benzene rings is 1. The SMILES string of the molecule is N#Cc1cc(F)ccc1NC(=O)n1ccnc1. The quantitative estimate of drug-likeness (QED) is 0.814. The molecule has 2 aromatic rings. The van der Waals surface area contributed by atoms with E-state index < -0.39 is 11.8 Å². The first-order valence-corrected chi connectivity index (χ1v) is 4.69. The Bertz CT molecular complexity index is 586. The molecule has 2 rings (SSSR count). The number of nitriles is 1. The Kier molecular flexibility index (Phi) is 2.83. The molecule has 1 heterocycles. The fraction of sp³-hybridized carbons (Fsp3) is 0. The van der Waals surface area contributed by atoms with Gasteiger partial charge in [-0.15, -0.1) is 0 Å². The van der Waals surface area contributed by atoms with Gasteiger partial charge in [0, 0.05) is 12.4 Å². The molecule has 0 saturated carbocycles. The third-order valence-electron chi connectivity index (χ3n) is 2.08. The number of rotatable bonds is 1. The van der Waals surface area contributed by atoms with Crippen molar-refractivity contribution in [2.24, 2.45) is 0 Å². The molecule has 0 fully saturated rings. The highest BCUT2D eigenvalue weighted by Crippen LogP contribution is 2.16. The number of hydrogen-bond donors (Lipinski definition) is 1. The van der Waals surface area contributed by atoms with Crippen molar-refractivity contribution in [2.45, 2.75) is 0 Å². The maximum atomic E-state index is 12.9. The average molecular weight is 230 g/mol. The van der Waals surface area contributed by atoms with Crippen LogP contribution in [-0.2, 0) is 0 Å². The minimum atomic E-state index is -0.526. The van der Waals surface area contributed by atoms with E-state index in [1.807, 2.05) is 6.07 Å². The zero-order chi connectivity index (χ0) is 12.3. The summed E-state index contributed by atoms with van der Waals surface area (Å²) in [7, 11) is 0. The normalized spacial score (nSPS) is 9.65. The fourth-order valence-corrected chi connectivity index (χ4v) is 1.28. The van der Waals surface area contributed by atoms with Crippen LogP contribution in [0.5, 0.6) is 0 Å². The van der Waals surface area contributed by atoms with Crippen molar-refractivity contribution in [3.05, 3.63) is 48.3 Å². The number of nitrogens with one attached hydrogen (secondary N) is 1. The first-order valence-electron chi connectivity index (χ1n) is 4.69. The van der Waals surface area contributed by atoms with Gasteiger partial charge < -0.3 is 5.32 Å². The number of hydrogen-bond acceptors (Lipinski definition) is 3. The molecule has 1 aromatic heterocycles. The Morgan fingerprint density at radius 3 is 3.00 bits per heavy atom. The standard InChI is InChI=1S/C11H7FN4O/c12-9-1-2-10(8(5-9)6-13)15-11(17)16-4-3-14-7-16/h1-5,7H,(H,15,17). The predicted molar refractivity (Wildman–Crippen MR) is 57.8 cm³/mol. The summed E-state index contributed by atoms with van der Waals surface area (Å²) in [5, 5.41) is 11.3. The van der Waals surface area contributed by atoms with Crippen LogP contribution in [0, 0.1) is 17.1 Å². The van der Waals surface area contributed by atoms with Gasteiger partial charge >= 0.3 is 6.03 Å². The highest BCUT2D eigenvalue weighted by atomic mass is 19.1. The van der Waals surface area contributed by atoms with Crippen LogP contribution in [0.15, 0.2) is 36.9 Å². The monoisotopic (exact) mass is 230 g/mol. The summed E-state index contributed by atoms with van der Waals surface area (Å²) < 4.78 is 14.1. The molecule has 1 amide bonds. The van der Waals surface area contributed by atoms with Crippen molar-refractivity contribution >= 4 is 11.7 Å². The van der Waals surface area contributed by atoms with Gasteiger partial charge in [0.05, 0.1) is 11.3 Å². The Morgan fingerprint density at radius 1 is 1.53 bits per heavy atom. The lowest BCUT2D eigenvalue weighted by atomic mass is 10.2. The van der Waals surface area contributed by atoms with Crippen molar-refractivity contribution in [1.82, 2.24) is 9.55 Å². The summed E-state index contributed by atoms with van der Waals surface area (Å²) in [4.78, 5) is 15.4. The molecule has 0 aliphatic carbocycles. The third kappa shape index (κ3) is 2.29. The number of amides is 1. The number of imidazole rings is 1. The summed E-state index contributed by atoms with van der Waals surface area (Å²) in [6.07, 6.45) is 4.24. The van der Waals surface area contributed by atoms with E-state index in [4.69, 9.17) is 5.26 Å². The third-order valence-corrected chi connectivity index (χ3v) is 2.08. The van der Waals surface area contributed by atoms with Gasteiger partial charge in [-0.3, -0.25) is 4.57 Å². The highest BCUT2D eigenvalue weighted by molar-refractivity contribution is 5.92. The average Bonchev–Trinajstić information content (AvgIpc) is 2.85. The minimum absolute atomic E-state index is 0.0680. The first-order chi connectivity index (χ1) is 8.20. The smallest absolute Gasteiger partial charge is 0.306 e. The van der Waals surface area contributed by atoms with Gasteiger partial charge in [0.25, 0.3) is 0 Å². The van der Waals surface area contributed by atoms with Crippen molar-refractivity contribution in [1.29, 1.82) is 5.26 Å².